The van der Waals surface area contributed by atoms with Gasteiger partial charge in [0.05, 0.1) is 4.92 Å². The van der Waals surface area contributed by atoms with Crippen molar-refractivity contribution < 1.29 is 32.4 Å². The Hall–Kier alpha value is -3.10. The molecular weight excluding hydrogens is 319 g/mol. The van der Waals surface area contributed by atoms with Gasteiger partial charge in [-0.1, -0.05) is 12.1 Å². The fourth-order valence-electron chi connectivity index (χ4n) is 1.71. The number of benzene rings is 2. The van der Waals surface area contributed by atoms with E-state index < -0.39 is 40.5 Å². The van der Waals surface area contributed by atoms with Crippen molar-refractivity contribution in [2.75, 3.05) is 0 Å². The molecule has 0 bridgehead atoms. The Morgan fingerprint density at radius 2 is 1.83 bits per heavy atom. The van der Waals surface area contributed by atoms with Crippen LogP contribution in [0.15, 0.2) is 42.5 Å². The zero-order chi connectivity index (χ0) is 17.0. The van der Waals surface area contributed by atoms with Crippen molar-refractivity contribution in [1.82, 2.24) is 0 Å². The molecule has 2 rings (SSSR count). The maximum atomic E-state index is 13.2. The molecule has 0 amide bonds. The molecule has 0 saturated heterocycles. The number of esters is 1. The molecule has 2 aromatic rings. The summed E-state index contributed by atoms with van der Waals surface area (Å²) in [4.78, 5) is 22.0. The number of nitrogens with zero attached hydrogens (tertiary/aromatic N) is 1. The fourth-order valence-corrected chi connectivity index (χ4v) is 1.71. The van der Waals surface area contributed by atoms with E-state index in [2.05, 4.69) is 4.74 Å². The van der Waals surface area contributed by atoms with Crippen molar-refractivity contribution in [3.8, 4) is 11.5 Å². The summed E-state index contributed by atoms with van der Waals surface area (Å²) in [5.41, 5.74) is -1.03. The highest BCUT2D eigenvalue weighted by Crippen LogP contribution is 2.29. The summed E-state index contributed by atoms with van der Waals surface area (Å²) in [7, 11) is 0. The van der Waals surface area contributed by atoms with Crippen molar-refractivity contribution in [3.05, 3.63) is 64.0 Å². The Kier molecular flexibility index (Phi) is 4.79. The molecule has 0 aliphatic carbocycles. The van der Waals surface area contributed by atoms with Gasteiger partial charge in [-0.25, -0.2) is 9.18 Å². The number of para-hydroxylation sites is 1. The summed E-state index contributed by atoms with van der Waals surface area (Å²) >= 11 is 0. The molecule has 0 radical (unpaired) electrons. The van der Waals surface area contributed by atoms with Gasteiger partial charge in [0.2, 0.25) is 5.75 Å². The number of carbonyl (C=O) groups is 1. The Balaban J connectivity index is 2.33. The highest BCUT2D eigenvalue weighted by atomic mass is 19.3. The molecule has 0 saturated carbocycles. The van der Waals surface area contributed by atoms with Crippen LogP contribution in [0.25, 0.3) is 0 Å². The van der Waals surface area contributed by atoms with Crippen LogP contribution in [-0.2, 0) is 0 Å². The lowest BCUT2D eigenvalue weighted by molar-refractivity contribution is -0.385. The molecule has 0 aliphatic rings. The third kappa shape index (κ3) is 3.96. The molecular formula is C14H8F3NO5. The van der Waals surface area contributed by atoms with Crippen molar-refractivity contribution in [2.45, 2.75) is 6.61 Å². The molecule has 0 fully saturated rings. The predicted molar refractivity (Wildman–Crippen MR) is 71.1 cm³/mol. The molecule has 0 heterocycles. The second kappa shape index (κ2) is 6.77. The number of carbonyl (C=O) groups excluding carboxylic acids is 1. The van der Waals surface area contributed by atoms with Crippen LogP contribution in [0, 0.1) is 15.9 Å². The van der Waals surface area contributed by atoms with Crippen molar-refractivity contribution in [1.29, 1.82) is 0 Å². The Labute approximate surface area is 127 Å². The largest absolute Gasteiger partial charge is 0.434 e. The number of rotatable bonds is 5. The van der Waals surface area contributed by atoms with Crippen molar-refractivity contribution >= 4 is 11.7 Å². The minimum absolute atomic E-state index is 0.383. The number of ether oxygens (including phenoxy) is 2. The molecule has 6 nitrogen and oxygen atoms in total. The molecule has 0 atom stereocenters. The Bertz CT molecular complexity index is 751. The highest BCUT2D eigenvalue weighted by Gasteiger charge is 2.22. The minimum atomic E-state index is -3.17. The zero-order valence-electron chi connectivity index (χ0n) is 11.2. The van der Waals surface area contributed by atoms with E-state index in [1.54, 1.807) is 0 Å². The van der Waals surface area contributed by atoms with Gasteiger partial charge in [0, 0.05) is 12.1 Å². The van der Waals surface area contributed by atoms with Crippen LogP contribution in [-0.4, -0.2) is 17.5 Å². The molecule has 0 spiro atoms. The summed E-state index contributed by atoms with van der Waals surface area (Å²) in [6, 6.07) is 7.22. The van der Waals surface area contributed by atoms with E-state index in [1.807, 2.05) is 0 Å². The van der Waals surface area contributed by atoms with Crippen LogP contribution in [0.4, 0.5) is 18.9 Å². The number of hydrogen-bond donors (Lipinski definition) is 0. The summed E-state index contributed by atoms with van der Waals surface area (Å²) in [6.07, 6.45) is 0. The Morgan fingerprint density at radius 3 is 2.48 bits per heavy atom. The maximum Gasteiger partial charge on any atom is 0.387 e. The highest BCUT2D eigenvalue weighted by molar-refractivity contribution is 5.94. The summed E-state index contributed by atoms with van der Waals surface area (Å²) < 4.78 is 46.7. The van der Waals surface area contributed by atoms with Gasteiger partial charge in [0.25, 0.3) is 0 Å². The third-order valence-electron chi connectivity index (χ3n) is 2.64. The molecule has 0 aromatic heterocycles. The van der Waals surface area contributed by atoms with Crippen molar-refractivity contribution in [2.24, 2.45) is 0 Å². The van der Waals surface area contributed by atoms with E-state index >= 15 is 0 Å². The van der Waals surface area contributed by atoms with Gasteiger partial charge in [-0.2, -0.15) is 8.78 Å². The average Bonchev–Trinajstić information content (AvgIpc) is 2.46. The second-order valence-electron chi connectivity index (χ2n) is 4.13. The van der Waals surface area contributed by atoms with Crippen LogP contribution >= 0.6 is 0 Å². The molecule has 23 heavy (non-hydrogen) atoms. The number of nitro groups is 1. The number of hydrogen-bond acceptors (Lipinski definition) is 5. The van der Waals surface area contributed by atoms with Gasteiger partial charge in [0.15, 0.2) is 0 Å². The van der Waals surface area contributed by atoms with E-state index in [-0.39, 0.29) is 5.56 Å². The van der Waals surface area contributed by atoms with E-state index in [0.29, 0.717) is 6.07 Å². The van der Waals surface area contributed by atoms with Gasteiger partial charge in [0.1, 0.15) is 17.1 Å². The lowest BCUT2D eigenvalue weighted by Crippen LogP contribution is -2.13. The fraction of sp³-hybridized carbons (Fsp3) is 0.0714. The molecule has 0 aliphatic heterocycles. The standard InChI is InChI=1S/C14H8F3NO5/c15-8-5-6-10(18(20)21)12(7-8)22-13(19)9-3-1-2-4-11(9)23-14(16)17/h1-7,14H. The van der Waals surface area contributed by atoms with Gasteiger partial charge >= 0.3 is 18.3 Å². The van der Waals surface area contributed by atoms with Gasteiger partial charge < -0.3 is 9.47 Å². The maximum absolute atomic E-state index is 13.2. The Morgan fingerprint density at radius 1 is 1.13 bits per heavy atom. The second-order valence-corrected chi connectivity index (χ2v) is 4.13. The van der Waals surface area contributed by atoms with E-state index in [1.165, 1.54) is 12.1 Å². The smallest absolute Gasteiger partial charge is 0.387 e. The molecule has 120 valence electrons. The number of alkyl halides is 2. The third-order valence-corrected chi connectivity index (χ3v) is 2.64. The number of halogens is 3. The molecule has 9 heteroatoms. The summed E-state index contributed by atoms with van der Waals surface area (Å²) in [6.45, 7) is -3.17. The topological polar surface area (TPSA) is 78.7 Å². The molecule has 0 N–H and O–H groups in total. The first-order valence-electron chi connectivity index (χ1n) is 6.08. The first kappa shape index (κ1) is 16.3. The first-order chi connectivity index (χ1) is 10.9. The number of nitro benzene ring substituents is 1. The zero-order valence-corrected chi connectivity index (χ0v) is 11.2. The van der Waals surface area contributed by atoms with Crippen LogP contribution in [0.1, 0.15) is 10.4 Å². The van der Waals surface area contributed by atoms with Gasteiger partial charge in [-0.05, 0) is 18.2 Å². The van der Waals surface area contributed by atoms with Gasteiger partial charge in [-0.15, -0.1) is 0 Å². The quantitative estimate of drug-likeness (QED) is 0.363. The van der Waals surface area contributed by atoms with Crippen LogP contribution < -0.4 is 9.47 Å². The van der Waals surface area contributed by atoms with E-state index in [4.69, 9.17) is 4.74 Å². The minimum Gasteiger partial charge on any atom is -0.434 e. The van der Waals surface area contributed by atoms with Crippen LogP contribution in [0.2, 0.25) is 0 Å². The van der Waals surface area contributed by atoms with Crippen molar-refractivity contribution in [3.63, 3.8) is 0 Å². The van der Waals surface area contributed by atoms with E-state index in [9.17, 15) is 28.1 Å². The van der Waals surface area contributed by atoms with Crippen LogP contribution in [0.5, 0.6) is 11.5 Å². The van der Waals surface area contributed by atoms with E-state index in [0.717, 1.165) is 24.3 Å². The SMILES string of the molecule is O=C(Oc1cc(F)ccc1[N+](=O)[O-])c1ccccc1OC(F)F. The lowest BCUT2D eigenvalue weighted by Gasteiger charge is -2.10. The van der Waals surface area contributed by atoms with Crippen LogP contribution in [0.3, 0.4) is 0 Å². The average molecular weight is 327 g/mol. The monoisotopic (exact) mass is 327 g/mol. The predicted octanol–water partition coefficient (Wildman–Crippen LogP) is 3.55. The molecule has 0 unspecified atom stereocenters. The normalized spacial score (nSPS) is 10.4. The first-order valence-corrected chi connectivity index (χ1v) is 6.08. The summed E-state index contributed by atoms with van der Waals surface area (Å²) in [5.74, 6) is -3.18. The molecule has 2 aromatic carbocycles. The van der Waals surface area contributed by atoms with Gasteiger partial charge in [-0.3, -0.25) is 10.1 Å². The summed E-state index contributed by atoms with van der Waals surface area (Å²) in [5, 5.41) is 10.8. The lowest BCUT2D eigenvalue weighted by atomic mass is 10.2.